The minimum Gasteiger partial charge on any atom is -0.299 e. The van der Waals surface area contributed by atoms with E-state index in [1.54, 1.807) is 42.5 Å². The van der Waals surface area contributed by atoms with Gasteiger partial charge in [-0.25, -0.2) is 4.39 Å². The highest BCUT2D eigenvalue weighted by molar-refractivity contribution is 6.00. The van der Waals surface area contributed by atoms with E-state index in [0.717, 1.165) is 12.8 Å². The van der Waals surface area contributed by atoms with Crippen LogP contribution in [0, 0.1) is 5.82 Å². The van der Waals surface area contributed by atoms with Gasteiger partial charge in [0, 0.05) is 18.4 Å². The van der Waals surface area contributed by atoms with E-state index in [4.69, 9.17) is 0 Å². The van der Waals surface area contributed by atoms with Crippen molar-refractivity contribution in [3.05, 3.63) is 71.5 Å². The number of rotatable bonds is 8. The van der Waals surface area contributed by atoms with Gasteiger partial charge in [-0.2, -0.15) is 0 Å². The molecule has 23 heavy (non-hydrogen) atoms. The monoisotopic (exact) mass is 312 g/mol. The Morgan fingerprint density at radius 3 is 2.30 bits per heavy atom. The van der Waals surface area contributed by atoms with Crippen LogP contribution in [0.25, 0.3) is 0 Å². The third-order valence-electron chi connectivity index (χ3n) is 3.93. The van der Waals surface area contributed by atoms with Crippen molar-refractivity contribution in [3.8, 4) is 0 Å². The molecule has 0 aliphatic heterocycles. The minimum atomic E-state index is -0.713. The van der Waals surface area contributed by atoms with Crippen molar-refractivity contribution >= 4 is 11.6 Å². The minimum absolute atomic E-state index is 0.00743. The summed E-state index contributed by atoms with van der Waals surface area (Å²) < 4.78 is 14.1. The van der Waals surface area contributed by atoms with Gasteiger partial charge in [0.05, 0.1) is 5.92 Å². The molecule has 2 aromatic carbocycles. The first-order valence-corrected chi connectivity index (χ1v) is 7.99. The smallest absolute Gasteiger partial charge is 0.163 e. The Kier molecular flexibility index (Phi) is 6.21. The zero-order valence-corrected chi connectivity index (χ0v) is 13.3. The maximum Gasteiger partial charge on any atom is 0.163 e. The van der Waals surface area contributed by atoms with Crippen LogP contribution < -0.4 is 0 Å². The zero-order valence-electron chi connectivity index (χ0n) is 13.3. The van der Waals surface area contributed by atoms with Crippen LogP contribution in [0.15, 0.2) is 54.6 Å². The number of hydrogen-bond donors (Lipinski definition) is 0. The van der Waals surface area contributed by atoms with Crippen LogP contribution in [0.3, 0.4) is 0 Å². The molecule has 3 heteroatoms. The van der Waals surface area contributed by atoms with Gasteiger partial charge in [-0.15, -0.1) is 0 Å². The highest BCUT2D eigenvalue weighted by Gasteiger charge is 2.26. The largest absolute Gasteiger partial charge is 0.299 e. The third kappa shape index (κ3) is 4.59. The van der Waals surface area contributed by atoms with Crippen molar-refractivity contribution in [2.45, 2.75) is 38.5 Å². The molecule has 2 nitrogen and oxygen atoms in total. The molecule has 0 N–H and O–H groups in total. The summed E-state index contributed by atoms with van der Waals surface area (Å²) in [6.07, 6.45) is 2.02. The molecular formula is C20H21FO2. The summed E-state index contributed by atoms with van der Waals surface area (Å²) in [6.45, 7) is 2.00. The maximum atomic E-state index is 14.1. The molecule has 0 fully saturated rings. The Balaban J connectivity index is 2.25. The summed E-state index contributed by atoms with van der Waals surface area (Å²) in [4.78, 5) is 24.9. The number of carbonyl (C=O) groups excluding carboxylic acids is 2. The van der Waals surface area contributed by atoms with E-state index in [9.17, 15) is 14.0 Å². The Hall–Kier alpha value is -2.29. The Morgan fingerprint density at radius 1 is 1.00 bits per heavy atom. The molecule has 0 amide bonds. The Morgan fingerprint density at radius 2 is 1.65 bits per heavy atom. The van der Waals surface area contributed by atoms with Gasteiger partial charge in [0.15, 0.2) is 5.78 Å². The van der Waals surface area contributed by atoms with Crippen LogP contribution in [0.2, 0.25) is 0 Å². The molecule has 1 atom stereocenters. The predicted molar refractivity (Wildman–Crippen MR) is 89.1 cm³/mol. The highest BCUT2D eigenvalue weighted by atomic mass is 19.1. The third-order valence-corrected chi connectivity index (χ3v) is 3.93. The normalized spacial score (nSPS) is 11.9. The fraction of sp³-hybridized carbons (Fsp3) is 0.300. The van der Waals surface area contributed by atoms with Crippen molar-refractivity contribution < 1.29 is 14.0 Å². The predicted octanol–water partition coefficient (Wildman–Crippen LogP) is 4.94. The van der Waals surface area contributed by atoms with E-state index in [2.05, 4.69) is 0 Å². The molecule has 1 unspecified atom stereocenters. The molecule has 0 spiro atoms. The van der Waals surface area contributed by atoms with Crippen LogP contribution in [0.5, 0.6) is 0 Å². The molecule has 120 valence electrons. The molecule has 2 aromatic rings. The number of carbonyl (C=O) groups is 2. The number of halogens is 1. The van der Waals surface area contributed by atoms with Gasteiger partial charge < -0.3 is 0 Å². The van der Waals surface area contributed by atoms with Crippen LogP contribution in [-0.2, 0) is 4.79 Å². The second-order valence-corrected chi connectivity index (χ2v) is 5.64. The number of unbranched alkanes of at least 4 members (excludes halogenated alkanes) is 1. The van der Waals surface area contributed by atoms with Gasteiger partial charge in [-0.1, -0.05) is 61.9 Å². The average molecular weight is 312 g/mol. The molecule has 0 radical (unpaired) electrons. The number of hydrogen-bond acceptors (Lipinski definition) is 2. The fourth-order valence-electron chi connectivity index (χ4n) is 2.61. The first-order chi connectivity index (χ1) is 11.1. The molecule has 0 saturated carbocycles. The molecule has 0 saturated heterocycles. The van der Waals surface area contributed by atoms with E-state index < -0.39 is 11.7 Å². The summed E-state index contributed by atoms with van der Waals surface area (Å²) in [5.41, 5.74) is 0.870. The zero-order chi connectivity index (χ0) is 16.7. The molecule has 0 aliphatic carbocycles. The van der Waals surface area contributed by atoms with Gasteiger partial charge in [0.1, 0.15) is 11.6 Å². The van der Waals surface area contributed by atoms with Crippen molar-refractivity contribution in [2.75, 3.05) is 0 Å². The molecule has 0 heterocycles. The lowest BCUT2D eigenvalue weighted by molar-refractivity contribution is -0.120. The number of benzene rings is 2. The topological polar surface area (TPSA) is 34.1 Å². The Bertz CT molecular complexity index is 664. The lowest BCUT2D eigenvalue weighted by atomic mass is 9.86. The summed E-state index contributed by atoms with van der Waals surface area (Å²) in [5.74, 6) is -1.34. The van der Waals surface area contributed by atoms with Crippen molar-refractivity contribution in [1.82, 2.24) is 0 Å². The maximum absolute atomic E-state index is 14.1. The number of ketones is 2. The molecule has 0 aliphatic rings. The average Bonchev–Trinajstić information content (AvgIpc) is 2.59. The van der Waals surface area contributed by atoms with Gasteiger partial charge in [-0.05, 0) is 18.1 Å². The van der Waals surface area contributed by atoms with Crippen molar-refractivity contribution in [3.63, 3.8) is 0 Å². The summed E-state index contributed by atoms with van der Waals surface area (Å²) in [6, 6.07) is 15.1. The molecular weight excluding hydrogens is 291 g/mol. The second-order valence-electron chi connectivity index (χ2n) is 5.64. The van der Waals surface area contributed by atoms with Crippen LogP contribution in [0.4, 0.5) is 4.39 Å². The van der Waals surface area contributed by atoms with Crippen LogP contribution in [-0.4, -0.2) is 11.6 Å². The first kappa shape index (κ1) is 17.1. The quantitative estimate of drug-likeness (QED) is 0.647. The molecule has 2 rings (SSSR count). The van der Waals surface area contributed by atoms with Gasteiger partial charge >= 0.3 is 0 Å². The lowest BCUT2D eigenvalue weighted by Gasteiger charge is -2.16. The first-order valence-electron chi connectivity index (χ1n) is 7.99. The van der Waals surface area contributed by atoms with E-state index in [0.29, 0.717) is 17.5 Å². The fourth-order valence-corrected chi connectivity index (χ4v) is 2.61. The van der Waals surface area contributed by atoms with Gasteiger partial charge in [0.2, 0.25) is 0 Å². The van der Waals surface area contributed by atoms with E-state index in [-0.39, 0.29) is 18.0 Å². The summed E-state index contributed by atoms with van der Waals surface area (Å²) in [7, 11) is 0. The second kappa shape index (κ2) is 8.37. The molecule has 0 aromatic heterocycles. The van der Waals surface area contributed by atoms with Gasteiger partial charge in [0.25, 0.3) is 0 Å². The van der Waals surface area contributed by atoms with E-state index >= 15 is 0 Å². The Labute approximate surface area is 136 Å². The van der Waals surface area contributed by atoms with E-state index in [1.165, 1.54) is 6.07 Å². The van der Waals surface area contributed by atoms with Crippen LogP contribution >= 0.6 is 0 Å². The standard InChI is InChI=1S/C20H21FO2/c1-2-3-13-19(22)17(16-11-7-8-12-18(16)21)14-20(23)15-9-5-4-6-10-15/h4-12,17H,2-3,13-14H2,1H3. The summed E-state index contributed by atoms with van der Waals surface area (Å²) in [5, 5.41) is 0. The van der Waals surface area contributed by atoms with Crippen molar-refractivity contribution in [1.29, 1.82) is 0 Å². The lowest BCUT2D eigenvalue weighted by Crippen LogP contribution is -2.18. The highest BCUT2D eigenvalue weighted by Crippen LogP contribution is 2.27. The van der Waals surface area contributed by atoms with Gasteiger partial charge in [-0.3, -0.25) is 9.59 Å². The van der Waals surface area contributed by atoms with E-state index in [1.807, 2.05) is 13.0 Å². The molecule has 0 bridgehead atoms. The van der Waals surface area contributed by atoms with Crippen molar-refractivity contribution in [2.24, 2.45) is 0 Å². The summed E-state index contributed by atoms with van der Waals surface area (Å²) >= 11 is 0. The SMILES string of the molecule is CCCCC(=O)C(CC(=O)c1ccccc1)c1ccccc1F. The van der Waals surface area contributed by atoms with Crippen LogP contribution in [0.1, 0.15) is 54.4 Å². The number of Topliss-reactive ketones (excluding diaryl/α,β-unsaturated/α-hetero) is 2.